The fourth-order valence-corrected chi connectivity index (χ4v) is 0.703. The third-order valence-electron chi connectivity index (χ3n) is 1.62. The fourth-order valence-electron chi connectivity index (χ4n) is 0.703. The van der Waals surface area contributed by atoms with Gasteiger partial charge in [-0.1, -0.05) is 0 Å². The minimum atomic E-state index is -0.514. The fraction of sp³-hybridized carbons (Fsp3) is 0.750. The smallest absolute Gasteiger partial charge is 0.243 e. The predicted octanol–water partition coefficient (Wildman–Crippen LogP) is -1.79. The van der Waals surface area contributed by atoms with Gasteiger partial charge in [0.1, 0.15) is 6.61 Å². The Kier molecular flexibility index (Phi) is 6.69. The first-order chi connectivity index (χ1) is 6.57. The molecule has 0 aromatic heterocycles. The summed E-state index contributed by atoms with van der Waals surface area (Å²) >= 11 is 0. The summed E-state index contributed by atoms with van der Waals surface area (Å²) in [6.07, 6.45) is 0. The van der Waals surface area contributed by atoms with Crippen molar-refractivity contribution in [2.75, 3.05) is 26.8 Å². The molecule has 0 aromatic rings. The lowest BCUT2D eigenvalue weighted by Crippen LogP contribution is -2.41. The zero-order chi connectivity index (χ0) is 11.0. The summed E-state index contributed by atoms with van der Waals surface area (Å²) in [6, 6.07) is -0.230. The van der Waals surface area contributed by atoms with Crippen molar-refractivity contribution < 1.29 is 14.3 Å². The van der Waals surface area contributed by atoms with Crippen molar-refractivity contribution in [1.82, 2.24) is 10.6 Å². The Hall–Kier alpha value is -1.14. The van der Waals surface area contributed by atoms with Crippen LogP contribution in [0, 0.1) is 0 Å². The number of nitrogens with two attached hydrogens (primary N) is 1. The first-order valence-corrected chi connectivity index (χ1v) is 4.39. The van der Waals surface area contributed by atoms with E-state index in [1.54, 1.807) is 14.0 Å². The maximum atomic E-state index is 11.2. The summed E-state index contributed by atoms with van der Waals surface area (Å²) in [5, 5.41) is 5.43. The number of hydrogen-bond acceptors (Lipinski definition) is 4. The van der Waals surface area contributed by atoms with Crippen LogP contribution < -0.4 is 16.4 Å². The highest BCUT2D eigenvalue weighted by atomic mass is 16.5. The second-order valence-electron chi connectivity index (χ2n) is 2.82. The van der Waals surface area contributed by atoms with Crippen molar-refractivity contribution in [3.8, 4) is 0 Å². The zero-order valence-corrected chi connectivity index (χ0v) is 8.50. The lowest BCUT2D eigenvalue weighted by atomic mass is 10.3. The molecular weight excluding hydrogens is 186 g/mol. The van der Waals surface area contributed by atoms with Gasteiger partial charge in [0.25, 0.3) is 0 Å². The van der Waals surface area contributed by atoms with E-state index < -0.39 is 5.91 Å². The number of rotatable bonds is 7. The van der Waals surface area contributed by atoms with Gasteiger partial charge in [-0.3, -0.25) is 9.59 Å². The number of carbonyl (C=O) groups excluding carboxylic acids is 2. The van der Waals surface area contributed by atoms with Gasteiger partial charge in [-0.25, -0.2) is 0 Å². The molecule has 2 amide bonds. The van der Waals surface area contributed by atoms with E-state index in [1.807, 2.05) is 0 Å². The van der Waals surface area contributed by atoms with Crippen molar-refractivity contribution in [2.45, 2.75) is 13.0 Å². The van der Waals surface area contributed by atoms with Crippen LogP contribution in [0.15, 0.2) is 0 Å². The second-order valence-corrected chi connectivity index (χ2v) is 2.82. The molecule has 6 nitrogen and oxygen atoms in total. The Bertz CT molecular complexity index is 196. The maximum Gasteiger partial charge on any atom is 0.243 e. The Morgan fingerprint density at radius 1 is 1.50 bits per heavy atom. The first-order valence-electron chi connectivity index (χ1n) is 4.39. The average Bonchev–Trinajstić information content (AvgIpc) is 2.15. The van der Waals surface area contributed by atoms with Crippen LogP contribution in [0.25, 0.3) is 0 Å². The summed E-state index contributed by atoms with van der Waals surface area (Å²) in [7, 11) is 1.70. The van der Waals surface area contributed by atoms with E-state index in [0.29, 0.717) is 6.54 Å². The number of hydrogen-bond donors (Lipinski definition) is 3. The second kappa shape index (κ2) is 7.28. The molecule has 14 heavy (non-hydrogen) atoms. The van der Waals surface area contributed by atoms with Crippen LogP contribution >= 0.6 is 0 Å². The Balaban J connectivity index is 3.36. The SMILES string of the molecule is CNC(C)C(=O)NCCOCC(N)=O. The molecule has 0 spiro atoms. The van der Waals surface area contributed by atoms with Gasteiger partial charge >= 0.3 is 0 Å². The highest BCUT2D eigenvalue weighted by Gasteiger charge is 2.08. The number of amides is 2. The Morgan fingerprint density at radius 3 is 2.64 bits per heavy atom. The lowest BCUT2D eigenvalue weighted by molar-refractivity contribution is -0.123. The summed E-state index contributed by atoms with van der Waals surface area (Å²) in [6.45, 7) is 2.29. The number of likely N-dealkylation sites (N-methyl/N-ethyl adjacent to an activating group) is 1. The van der Waals surface area contributed by atoms with E-state index in [2.05, 4.69) is 10.6 Å². The molecular formula is C8H17N3O3. The Morgan fingerprint density at radius 2 is 2.14 bits per heavy atom. The van der Waals surface area contributed by atoms with Gasteiger partial charge in [0.2, 0.25) is 11.8 Å². The number of primary amides is 1. The van der Waals surface area contributed by atoms with Crippen LogP contribution in [-0.4, -0.2) is 44.7 Å². The molecule has 4 N–H and O–H groups in total. The summed E-state index contributed by atoms with van der Waals surface area (Å²) in [4.78, 5) is 21.4. The van der Waals surface area contributed by atoms with Crippen molar-refractivity contribution in [3.63, 3.8) is 0 Å². The van der Waals surface area contributed by atoms with E-state index in [-0.39, 0.29) is 25.2 Å². The van der Waals surface area contributed by atoms with Crippen LogP contribution in [0.3, 0.4) is 0 Å². The minimum Gasteiger partial charge on any atom is -0.370 e. The maximum absolute atomic E-state index is 11.2. The third-order valence-corrected chi connectivity index (χ3v) is 1.62. The molecule has 0 aliphatic heterocycles. The molecule has 0 aliphatic rings. The average molecular weight is 203 g/mol. The van der Waals surface area contributed by atoms with Crippen molar-refractivity contribution in [2.24, 2.45) is 5.73 Å². The molecule has 0 aliphatic carbocycles. The molecule has 0 saturated heterocycles. The highest BCUT2D eigenvalue weighted by molar-refractivity contribution is 5.81. The van der Waals surface area contributed by atoms with Gasteiger partial charge in [-0.15, -0.1) is 0 Å². The lowest BCUT2D eigenvalue weighted by Gasteiger charge is -2.10. The summed E-state index contributed by atoms with van der Waals surface area (Å²) < 4.78 is 4.85. The van der Waals surface area contributed by atoms with Gasteiger partial charge < -0.3 is 21.1 Å². The van der Waals surface area contributed by atoms with Crippen molar-refractivity contribution >= 4 is 11.8 Å². The Labute approximate surface area is 83.2 Å². The van der Waals surface area contributed by atoms with E-state index in [4.69, 9.17) is 10.5 Å². The number of carbonyl (C=O) groups is 2. The third kappa shape index (κ3) is 6.38. The van der Waals surface area contributed by atoms with Crippen LogP contribution in [0.4, 0.5) is 0 Å². The van der Waals surface area contributed by atoms with Gasteiger partial charge in [0.15, 0.2) is 0 Å². The molecule has 0 heterocycles. The van der Waals surface area contributed by atoms with Gasteiger partial charge in [-0.05, 0) is 14.0 Å². The number of nitrogens with one attached hydrogen (secondary N) is 2. The molecule has 0 bridgehead atoms. The summed E-state index contributed by atoms with van der Waals surface area (Å²) in [5.41, 5.74) is 4.84. The molecule has 0 aromatic carbocycles. The van der Waals surface area contributed by atoms with Crippen LogP contribution in [-0.2, 0) is 14.3 Å². The highest BCUT2D eigenvalue weighted by Crippen LogP contribution is 1.79. The zero-order valence-electron chi connectivity index (χ0n) is 8.50. The van der Waals surface area contributed by atoms with Crippen LogP contribution in [0.5, 0.6) is 0 Å². The topological polar surface area (TPSA) is 93.4 Å². The van der Waals surface area contributed by atoms with E-state index in [0.717, 1.165) is 0 Å². The molecule has 1 unspecified atom stereocenters. The van der Waals surface area contributed by atoms with Gasteiger partial charge in [-0.2, -0.15) is 0 Å². The molecule has 0 rings (SSSR count). The molecule has 82 valence electrons. The van der Waals surface area contributed by atoms with Crippen molar-refractivity contribution in [3.05, 3.63) is 0 Å². The van der Waals surface area contributed by atoms with E-state index >= 15 is 0 Å². The summed E-state index contributed by atoms with van der Waals surface area (Å²) in [5.74, 6) is -0.616. The van der Waals surface area contributed by atoms with E-state index in [9.17, 15) is 9.59 Å². The monoisotopic (exact) mass is 203 g/mol. The molecule has 6 heteroatoms. The normalized spacial score (nSPS) is 12.1. The first kappa shape index (κ1) is 12.9. The predicted molar refractivity (Wildman–Crippen MR) is 51.5 cm³/mol. The minimum absolute atomic E-state index is 0.102. The standard InChI is InChI=1S/C8H17N3O3/c1-6(10-2)8(13)11-3-4-14-5-7(9)12/h6,10H,3-5H2,1-2H3,(H2,9,12)(H,11,13). The molecule has 1 atom stereocenters. The quantitative estimate of drug-likeness (QED) is 0.426. The molecule has 0 radical (unpaired) electrons. The van der Waals surface area contributed by atoms with Crippen molar-refractivity contribution in [1.29, 1.82) is 0 Å². The van der Waals surface area contributed by atoms with Gasteiger partial charge in [0.05, 0.1) is 12.6 Å². The number of ether oxygens (including phenoxy) is 1. The van der Waals surface area contributed by atoms with Crippen LogP contribution in [0.2, 0.25) is 0 Å². The van der Waals surface area contributed by atoms with Gasteiger partial charge in [0, 0.05) is 6.54 Å². The molecule has 0 fully saturated rings. The van der Waals surface area contributed by atoms with E-state index in [1.165, 1.54) is 0 Å². The largest absolute Gasteiger partial charge is 0.370 e. The van der Waals surface area contributed by atoms with Crippen LogP contribution in [0.1, 0.15) is 6.92 Å². The molecule has 0 saturated carbocycles.